The van der Waals surface area contributed by atoms with E-state index in [9.17, 15) is 19.5 Å². The van der Waals surface area contributed by atoms with Gasteiger partial charge in [-0.05, 0) is 83.5 Å². The first-order chi connectivity index (χ1) is 28.6. The highest BCUT2D eigenvalue weighted by molar-refractivity contribution is 5.70. The molecular weight excluding hydrogens is 743 g/mol. The third-order valence-corrected chi connectivity index (χ3v) is 9.14. The summed E-state index contributed by atoms with van der Waals surface area (Å²) in [6, 6.07) is 0. The summed E-state index contributed by atoms with van der Waals surface area (Å²) in [6.45, 7) is 4.45. The van der Waals surface area contributed by atoms with Crippen LogP contribution in [-0.4, -0.2) is 82.3 Å². The van der Waals surface area contributed by atoms with E-state index in [0.29, 0.717) is 23.9 Å². The molecule has 0 aliphatic carbocycles. The molecule has 0 N–H and O–H groups in total. The molecule has 0 heterocycles. The van der Waals surface area contributed by atoms with Crippen molar-refractivity contribution in [3.63, 3.8) is 0 Å². The third-order valence-electron chi connectivity index (χ3n) is 9.14. The van der Waals surface area contributed by atoms with Crippen LogP contribution in [-0.2, 0) is 33.3 Å². The first kappa shape index (κ1) is 55.5. The van der Waals surface area contributed by atoms with E-state index in [1.54, 1.807) is 0 Å². The Morgan fingerprint density at radius 3 is 1.36 bits per heavy atom. The topological polar surface area (TPSA) is 111 Å². The molecule has 9 heteroatoms. The van der Waals surface area contributed by atoms with Gasteiger partial charge in [-0.25, -0.2) is 0 Å². The number of rotatable bonds is 40. The van der Waals surface area contributed by atoms with Crippen LogP contribution in [0.2, 0.25) is 0 Å². The van der Waals surface area contributed by atoms with E-state index in [1.807, 2.05) is 21.1 Å². The van der Waals surface area contributed by atoms with Crippen LogP contribution in [0.5, 0.6) is 0 Å². The summed E-state index contributed by atoms with van der Waals surface area (Å²) in [6.07, 6.45) is 48.9. The molecule has 0 radical (unpaired) electrons. The lowest BCUT2D eigenvalue weighted by atomic mass is 10.1. The van der Waals surface area contributed by atoms with Crippen molar-refractivity contribution in [3.05, 3.63) is 85.1 Å². The molecule has 2 unspecified atom stereocenters. The van der Waals surface area contributed by atoms with Gasteiger partial charge in [-0.15, -0.1) is 0 Å². The molecule has 0 amide bonds. The maximum Gasteiger partial charge on any atom is 0.306 e. The van der Waals surface area contributed by atoms with E-state index in [2.05, 4.69) is 98.9 Å². The van der Waals surface area contributed by atoms with E-state index in [-0.39, 0.29) is 38.6 Å². The Morgan fingerprint density at radius 1 is 0.508 bits per heavy atom. The number of ether oxygens (including phenoxy) is 4. The first-order valence-corrected chi connectivity index (χ1v) is 22.7. The molecule has 0 aromatic carbocycles. The number of allylic oxidation sites excluding steroid dienone is 14. The number of esters is 2. The van der Waals surface area contributed by atoms with Gasteiger partial charge in [0.05, 0.1) is 40.3 Å². The fourth-order valence-corrected chi connectivity index (χ4v) is 5.66. The molecule has 2 atom stereocenters. The van der Waals surface area contributed by atoms with Gasteiger partial charge in [0.2, 0.25) is 0 Å². The molecule has 0 rings (SSSR count). The monoisotopic (exact) mass is 826 g/mol. The second-order valence-electron chi connectivity index (χ2n) is 15.9. The van der Waals surface area contributed by atoms with E-state index in [1.165, 1.54) is 0 Å². The zero-order chi connectivity index (χ0) is 43.5. The fourth-order valence-electron chi connectivity index (χ4n) is 5.66. The van der Waals surface area contributed by atoms with Gasteiger partial charge >= 0.3 is 11.9 Å². The minimum Gasteiger partial charge on any atom is -0.545 e. The number of hydrogen-bond acceptors (Lipinski definition) is 8. The number of quaternary nitrogens is 1. The number of carbonyl (C=O) groups is 3. The molecule has 0 bridgehead atoms. The predicted octanol–water partition coefficient (Wildman–Crippen LogP) is 10.8. The smallest absolute Gasteiger partial charge is 0.306 e. The zero-order valence-electron chi connectivity index (χ0n) is 37.8. The number of carboxylic acids is 1. The molecule has 0 aliphatic heterocycles. The number of carboxylic acid groups (broad SMARTS) is 1. The van der Waals surface area contributed by atoms with Crippen LogP contribution < -0.4 is 5.11 Å². The summed E-state index contributed by atoms with van der Waals surface area (Å²) in [5.74, 6) is -2.34. The van der Waals surface area contributed by atoms with Gasteiger partial charge in [-0.3, -0.25) is 9.59 Å². The molecule has 0 aromatic rings. The Bertz CT molecular complexity index is 1240. The van der Waals surface area contributed by atoms with Crippen molar-refractivity contribution in [2.45, 2.75) is 167 Å². The van der Waals surface area contributed by atoms with Gasteiger partial charge in [0.1, 0.15) is 13.2 Å². The molecule has 0 saturated carbocycles. The van der Waals surface area contributed by atoms with Crippen molar-refractivity contribution in [3.8, 4) is 0 Å². The lowest BCUT2D eigenvalue weighted by Crippen LogP contribution is -2.44. The average molecular weight is 826 g/mol. The van der Waals surface area contributed by atoms with Crippen LogP contribution in [0, 0.1) is 0 Å². The fraction of sp³-hybridized carbons (Fsp3) is 0.660. The third kappa shape index (κ3) is 42.4. The van der Waals surface area contributed by atoms with E-state index < -0.39 is 24.3 Å². The van der Waals surface area contributed by atoms with Crippen molar-refractivity contribution in [2.75, 3.05) is 47.5 Å². The van der Waals surface area contributed by atoms with E-state index >= 15 is 0 Å². The van der Waals surface area contributed by atoms with Crippen molar-refractivity contribution in [2.24, 2.45) is 0 Å². The normalized spacial score (nSPS) is 13.7. The Hall–Kier alpha value is -3.53. The number of hydrogen-bond donors (Lipinski definition) is 0. The molecule has 0 fully saturated rings. The number of carbonyl (C=O) groups excluding carboxylic acids is 3. The lowest BCUT2D eigenvalue weighted by Gasteiger charge is -2.26. The van der Waals surface area contributed by atoms with E-state index in [0.717, 1.165) is 116 Å². The van der Waals surface area contributed by atoms with Crippen molar-refractivity contribution >= 4 is 17.9 Å². The van der Waals surface area contributed by atoms with Crippen LogP contribution in [0.25, 0.3) is 0 Å². The second-order valence-corrected chi connectivity index (χ2v) is 15.9. The standard InChI is InChI=1S/C50H83NO8/c1-6-8-10-12-14-16-18-20-22-23-24-25-27-29-31-33-35-37-39-41-48(53)59-46(45-58-50(49(54)55)56-43-42-51(3,4)5)44-57-47(52)40-38-36-34-32-30-28-26-21-19-17-15-13-11-9-7-2/h8-11,14-17,20-22,24-26,46,50H,6-7,12-13,18-19,23,27-45H2,1-5H3/b10-8-,11-9-,16-14-,17-15-,22-20-,25-24-,26-21-. The Balaban J connectivity index is 4.50. The molecule has 0 aliphatic rings. The van der Waals surface area contributed by atoms with Crippen LogP contribution in [0.3, 0.4) is 0 Å². The average Bonchev–Trinajstić information content (AvgIpc) is 3.19. The van der Waals surface area contributed by atoms with Gasteiger partial charge in [0, 0.05) is 12.8 Å². The zero-order valence-corrected chi connectivity index (χ0v) is 37.8. The maximum absolute atomic E-state index is 12.8. The summed E-state index contributed by atoms with van der Waals surface area (Å²) >= 11 is 0. The summed E-state index contributed by atoms with van der Waals surface area (Å²) in [5.41, 5.74) is 0. The number of nitrogens with zero attached hydrogens (tertiary/aromatic N) is 1. The summed E-state index contributed by atoms with van der Waals surface area (Å²) in [4.78, 5) is 37.0. The van der Waals surface area contributed by atoms with Crippen molar-refractivity contribution < 1.29 is 42.9 Å². The summed E-state index contributed by atoms with van der Waals surface area (Å²) in [7, 11) is 5.89. The molecule has 336 valence electrons. The van der Waals surface area contributed by atoms with E-state index in [4.69, 9.17) is 18.9 Å². The van der Waals surface area contributed by atoms with Crippen LogP contribution in [0.1, 0.15) is 155 Å². The molecule has 0 spiro atoms. The van der Waals surface area contributed by atoms with Gasteiger partial charge in [0.15, 0.2) is 12.4 Å². The molecular formula is C50H83NO8. The SMILES string of the molecule is CC/C=C\C/C=C\C/C=C\C/C=C\CCCCCCCCC(=O)OC(COC(=O)CCCCCCC/C=C\C/C=C\C/C=C\CC)COC(OCC[N+](C)(C)C)C(=O)[O-]. The van der Waals surface area contributed by atoms with Crippen LogP contribution in [0.4, 0.5) is 0 Å². The first-order valence-electron chi connectivity index (χ1n) is 22.7. The number of aliphatic carboxylic acids is 1. The minimum atomic E-state index is -1.63. The maximum atomic E-state index is 12.8. The molecule has 9 nitrogen and oxygen atoms in total. The van der Waals surface area contributed by atoms with Crippen molar-refractivity contribution in [1.82, 2.24) is 0 Å². The molecule has 0 saturated heterocycles. The molecule has 59 heavy (non-hydrogen) atoms. The highest BCUT2D eigenvalue weighted by Crippen LogP contribution is 2.12. The van der Waals surface area contributed by atoms with Crippen LogP contribution in [0.15, 0.2) is 85.1 Å². The lowest BCUT2D eigenvalue weighted by molar-refractivity contribution is -0.870. The highest BCUT2D eigenvalue weighted by atomic mass is 16.7. The number of unbranched alkanes of at least 4 members (excludes halogenated alkanes) is 11. The summed E-state index contributed by atoms with van der Waals surface area (Å²) < 4.78 is 22.5. The Labute approximate surface area is 359 Å². The largest absolute Gasteiger partial charge is 0.545 e. The Kier molecular flexibility index (Phi) is 38.7. The van der Waals surface area contributed by atoms with Crippen molar-refractivity contribution in [1.29, 1.82) is 0 Å². The predicted molar refractivity (Wildman–Crippen MR) is 241 cm³/mol. The van der Waals surface area contributed by atoms with Crippen LogP contribution >= 0.6 is 0 Å². The molecule has 0 aromatic heterocycles. The second kappa shape index (κ2) is 41.2. The van der Waals surface area contributed by atoms with Gasteiger partial charge < -0.3 is 33.3 Å². The van der Waals surface area contributed by atoms with Gasteiger partial charge in [-0.1, -0.05) is 144 Å². The quantitative estimate of drug-likeness (QED) is 0.0197. The number of likely N-dealkylation sites (N-methyl/N-ethyl adjacent to an activating group) is 1. The highest BCUT2D eigenvalue weighted by Gasteiger charge is 2.21. The summed E-state index contributed by atoms with van der Waals surface area (Å²) in [5, 5.41) is 11.7. The minimum absolute atomic E-state index is 0.137. The van der Waals surface area contributed by atoms with Gasteiger partial charge in [-0.2, -0.15) is 0 Å². The Morgan fingerprint density at radius 2 is 0.915 bits per heavy atom. The van der Waals surface area contributed by atoms with Gasteiger partial charge in [0.25, 0.3) is 0 Å².